The highest BCUT2D eigenvalue weighted by atomic mass is 35.5. The van der Waals surface area contributed by atoms with Crippen molar-refractivity contribution >= 4 is 28.4 Å². The van der Waals surface area contributed by atoms with Crippen LogP contribution in [0.2, 0.25) is 5.02 Å². The minimum absolute atomic E-state index is 0.0807. The Kier molecular flexibility index (Phi) is 6.73. The number of hydrogen-bond acceptors (Lipinski definition) is 6. The molecule has 3 aromatic rings. The molecule has 0 aliphatic carbocycles. The number of nitrogens with one attached hydrogen (secondary N) is 1. The summed E-state index contributed by atoms with van der Waals surface area (Å²) in [4.78, 5) is 20.2. The molecule has 0 aromatic carbocycles. The van der Waals surface area contributed by atoms with Crippen molar-refractivity contribution in [2.24, 2.45) is 0 Å². The summed E-state index contributed by atoms with van der Waals surface area (Å²) in [5.41, 5.74) is 1.36. The first-order valence-corrected chi connectivity index (χ1v) is 9.20. The van der Waals surface area contributed by atoms with Gasteiger partial charge in [0.1, 0.15) is 10.7 Å². The first-order chi connectivity index (χ1) is 14.3. The van der Waals surface area contributed by atoms with Crippen LogP contribution in [0.25, 0.3) is 10.9 Å². The smallest absolute Gasteiger partial charge is 0.392 e. The summed E-state index contributed by atoms with van der Waals surface area (Å²) in [5, 5.41) is 16.4. The summed E-state index contributed by atoms with van der Waals surface area (Å²) in [6.07, 6.45) is -0.906. The normalized spacial score (nSPS) is 11.6. The summed E-state index contributed by atoms with van der Waals surface area (Å²) < 4.78 is 43.2. The van der Waals surface area contributed by atoms with E-state index >= 15 is 0 Å². The van der Waals surface area contributed by atoms with Gasteiger partial charge in [-0.2, -0.15) is 18.3 Å². The highest BCUT2D eigenvalue weighted by molar-refractivity contribution is 6.31. The molecule has 0 saturated heterocycles. The highest BCUT2D eigenvalue weighted by Gasteiger charge is 2.27. The second-order valence-electron chi connectivity index (χ2n) is 6.24. The van der Waals surface area contributed by atoms with Crippen LogP contribution in [0.5, 0.6) is 5.88 Å². The predicted octanol–water partition coefficient (Wildman–Crippen LogP) is 2.58. The van der Waals surface area contributed by atoms with E-state index in [1.165, 1.54) is 18.5 Å². The summed E-state index contributed by atoms with van der Waals surface area (Å²) in [7, 11) is 0. The highest BCUT2D eigenvalue weighted by Crippen LogP contribution is 2.25. The molecule has 1 amide bonds. The maximum absolute atomic E-state index is 12.2. The van der Waals surface area contributed by atoms with E-state index in [1.54, 1.807) is 16.9 Å². The zero-order chi connectivity index (χ0) is 21.7. The zero-order valence-electron chi connectivity index (χ0n) is 15.5. The van der Waals surface area contributed by atoms with E-state index in [1.807, 2.05) is 0 Å². The van der Waals surface area contributed by atoms with Gasteiger partial charge in [0.2, 0.25) is 5.88 Å². The van der Waals surface area contributed by atoms with Gasteiger partial charge in [-0.05, 0) is 17.7 Å². The Bertz CT molecular complexity index is 1040. The molecule has 0 unspecified atom stereocenters. The summed E-state index contributed by atoms with van der Waals surface area (Å²) >= 11 is 6.06. The number of amides is 1. The number of rotatable bonds is 8. The Morgan fingerprint density at radius 3 is 2.83 bits per heavy atom. The van der Waals surface area contributed by atoms with E-state index in [0.717, 1.165) is 0 Å². The molecular weight excluding hydrogens is 427 g/mol. The molecule has 30 heavy (non-hydrogen) atoms. The SMILES string of the molecule is O=C(NCCO)c1nccc2nn(Cc3cnc(OCCC(F)(F)F)c(Cl)c3)cc12. The van der Waals surface area contributed by atoms with Crippen LogP contribution in [0.3, 0.4) is 0 Å². The van der Waals surface area contributed by atoms with Crippen LogP contribution in [0.1, 0.15) is 22.5 Å². The first kappa shape index (κ1) is 21.8. The lowest BCUT2D eigenvalue weighted by atomic mass is 10.2. The van der Waals surface area contributed by atoms with Gasteiger partial charge in [0.05, 0.1) is 37.1 Å². The third kappa shape index (κ3) is 5.57. The Balaban J connectivity index is 1.73. The average Bonchev–Trinajstić information content (AvgIpc) is 3.09. The fourth-order valence-electron chi connectivity index (χ4n) is 2.62. The van der Waals surface area contributed by atoms with Crippen molar-refractivity contribution in [3.8, 4) is 5.88 Å². The van der Waals surface area contributed by atoms with Crippen molar-refractivity contribution in [2.75, 3.05) is 19.8 Å². The van der Waals surface area contributed by atoms with Crippen LogP contribution >= 0.6 is 11.6 Å². The molecule has 3 aromatic heterocycles. The molecule has 0 radical (unpaired) electrons. The molecule has 0 saturated carbocycles. The summed E-state index contributed by atoms with van der Waals surface area (Å²) in [6.45, 7) is -0.409. The van der Waals surface area contributed by atoms with Gasteiger partial charge in [-0.3, -0.25) is 14.5 Å². The van der Waals surface area contributed by atoms with Gasteiger partial charge in [0, 0.05) is 25.1 Å². The van der Waals surface area contributed by atoms with Gasteiger partial charge < -0.3 is 15.2 Å². The van der Waals surface area contributed by atoms with Crippen molar-refractivity contribution in [3.05, 3.63) is 47.0 Å². The van der Waals surface area contributed by atoms with Gasteiger partial charge >= 0.3 is 6.18 Å². The second-order valence-corrected chi connectivity index (χ2v) is 6.65. The number of ether oxygens (including phenoxy) is 1. The number of pyridine rings is 2. The van der Waals surface area contributed by atoms with Gasteiger partial charge in [0.25, 0.3) is 5.91 Å². The molecule has 8 nitrogen and oxygen atoms in total. The zero-order valence-corrected chi connectivity index (χ0v) is 16.2. The van der Waals surface area contributed by atoms with Crippen molar-refractivity contribution in [1.29, 1.82) is 0 Å². The number of aliphatic hydroxyl groups excluding tert-OH is 1. The number of carbonyl (C=O) groups is 1. The van der Waals surface area contributed by atoms with Crippen molar-refractivity contribution in [3.63, 3.8) is 0 Å². The fraction of sp³-hybridized carbons (Fsp3) is 0.333. The quantitative estimate of drug-likeness (QED) is 0.555. The van der Waals surface area contributed by atoms with E-state index in [0.29, 0.717) is 16.5 Å². The molecule has 0 aliphatic rings. The number of halogens is 4. The lowest BCUT2D eigenvalue weighted by Crippen LogP contribution is -2.27. The third-order valence-corrected chi connectivity index (χ3v) is 4.20. The van der Waals surface area contributed by atoms with E-state index in [-0.39, 0.29) is 36.3 Å². The molecule has 0 bridgehead atoms. The Morgan fingerprint density at radius 2 is 2.13 bits per heavy atom. The Labute approximate surface area is 173 Å². The average molecular weight is 444 g/mol. The monoisotopic (exact) mass is 443 g/mol. The second kappa shape index (κ2) is 9.26. The lowest BCUT2D eigenvalue weighted by molar-refractivity contribution is -0.139. The predicted molar refractivity (Wildman–Crippen MR) is 101 cm³/mol. The summed E-state index contributed by atoms with van der Waals surface area (Å²) in [5.74, 6) is -0.512. The van der Waals surface area contributed by atoms with E-state index in [9.17, 15) is 18.0 Å². The van der Waals surface area contributed by atoms with E-state index in [4.69, 9.17) is 21.4 Å². The lowest BCUT2D eigenvalue weighted by Gasteiger charge is -2.10. The molecule has 0 atom stereocenters. The van der Waals surface area contributed by atoms with Crippen LogP contribution in [-0.4, -0.2) is 56.7 Å². The number of hydrogen-bond donors (Lipinski definition) is 2. The van der Waals surface area contributed by atoms with Crippen LogP contribution in [0, 0.1) is 0 Å². The van der Waals surface area contributed by atoms with Crippen molar-refractivity contribution < 1.29 is 27.8 Å². The van der Waals surface area contributed by atoms with Crippen molar-refractivity contribution in [1.82, 2.24) is 25.1 Å². The van der Waals surface area contributed by atoms with Gasteiger partial charge in [-0.25, -0.2) is 4.98 Å². The standard InChI is InChI=1S/C18H17ClF3N5O3/c19-13-7-11(8-25-17(13)30-6-2-18(20,21)22)9-27-10-12-14(26-27)1-3-23-15(12)16(29)24-4-5-28/h1,3,7-8,10,28H,2,4-6,9H2,(H,24,29). The molecule has 2 N–H and O–H groups in total. The topological polar surface area (TPSA) is 102 Å². The molecule has 0 spiro atoms. The summed E-state index contributed by atoms with van der Waals surface area (Å²) in [6, 6.07) is 3.18. The molecule has 3 rings (SSSR count). The number of nitrogens with zero attached hydrogens (tertiary/aromatic N) is 4. The van der Waals surface area contributed by atoms with Crippen molar-refractivity contribution in [2.45, 2.75) is 19.1 Å². The Morgan fingerprint density at radius 1 is 1.33 bits per heavy atom. The molecule has 12 heteroatoms. The van der Waals surface area contributed by atoms with Crippen LogP contribution in [0.15, 0.2) is 30.7 Å². The minimum atomic E-state index is -4.32. The number of carbonyl (C=O) groups excluding carboxylic acids is 1. The number of aliphatic hydroxyl groups is 1. The largest absolute Gasteiger partial charge is 0.476 e. The third-order valence-electron chi connectivity index (χ3n) is 3.93. The minimum Gasteiger partial charge on any atom is -0.476 e. The van der Waals surface area contributed by atoms with Crippen LogP contribution < -0.4 is 10.1 Å². The molecule has 0 fully saturated rings. The van der Waals surface area contributed by atoms with Crippen LogP contribution in [-0.2, 0) is 6.54 Å². The maximum Gasteiger partial charge on any atom is 0.392 e. The Hall–Kier alpha value is -2.92. The van der Waals surface area contributed by atoms with Crippen LogP contribution in [0.4, 0.5) is 13.2 Å². The van der Waals surface area contributed by atoms with Gasteiger partial charge in [-0.1, -0.05) is 11.6 Å². The molecular formula is C18H17ClF3N5O3. The van der Waals surface area contributed by atoms with E-state index < -0.39 is 25.1 Å². The molecule has 3 heterocycles. The molecule has 0 aliphatic heterocycles. The first-order valence-electron chi connectivity index (χ1n) is 8.82. The maximum atomic E-state index is 12.2. The van der Waals surface area contributed by atoms with Gasteiger partial charge in [0.15, 0.2) is 0 Å². The number of aromatic nitrogens is 4. The fourth-order valence-corrected chi connectivity index (χ4v) is 2.86. The van der Waals surface area contributed by atoms with E-state index in [2.05, 4.69) is 20.4 Å². The molecule has 160 valence electrons. The number of alkyl halides is 3. The van der Waals surface area contributed by atoms with Gasteiger partial charge in [-0.15, -0.1) is 0 Å². The number of fused-ring (bicyclic) bond motifs is 1.